The minimum absolute atomic E-state index is 0.282. The number of fused-ring (bicyclic) bond motifs is 1. The van der Waals surface area contributed by atoms with E-state index in [1.165, 1.54) is 0 Å². The summed E-state index contributed by atoms with van der Waals surface area (Å²) in [5.41, 5.74) is 8.04. The van der Waals surface area contributed by atoms with Crippen molar-refractivity contribution in [1.82, 2.24) is 19.5 Å². The van der Waals surface area contributed by atoms with Gasteiger partial charge in [-0.25, -0.2) is 9.37 Å². The molecule has 5 heteroatoms. The Balaban J connectivity index is 0.00000186. The van der Waals surface area contributed by atoms with Gasteiger partial charge in [0.1, 0.15) is 11.3 Å². The fourth-order valence-electron chi connectivity index (χ4n) is 5.17. The number of allylic oxidation sites excluding steroid dienone is 1. The molecule has 0 saturated carbocycles. The van der Waals surface area contributed by atoms with Crippen molar-refractivity contribution in [3.05, 3.63) is 83.0 Å². The van der Waals surface area contributed by atoms with Gasteiger partial charge in [-0.3, -0.25) is 9.97 Å². The summed E-state index contributed by atoms with van der Waals surface area (Å²) < 4.78 is 17.7. The van der Waals surface area contributed by atoms with Crippen molar-refractivity contribution in [1.29, 1.82) is 0 Å². The number of nitrogens with zero attached hydrogens (tertiary/aromatic N) is 4. The number of aromatic nitrogens is 4. The maximum Gasteiger partial charge on any atom is 0.151 e. The molecule has 0 amide bonds. The molecule has 196 valence electrons. The summed E-state index contributed by atoms with van der Waals surface area (Å²) in [6.45, 7) is 16.4. The average Bonchev–Trinajstić information content (AvgIpc) is 3.23. The molecule has 0 saturated heterocycles. The van der Waals surface area contributed by atoms with Crippen LogP contribution in [-0.2, 0) is 0 Å². The molecule has 0 aliphatic heterocycles. The van der Waals surface area contributed by atoms with E-state index in [4.69, 9.17) is 4.98 Å². The maximum absolute atomic E-state index is 15.5. The predicted molar refractivity (Wildman–Crippen MR) is 154 cm³/mol. The molecule has 4 nitrogen and oxygen atoms in total. The van der Waals surface area contributed by atoms with Gasteiger partial charge in [0, 0.05) is 46.5 Å². The van der Waals surface area contributed by atoms with Crippen molar-refractivity contribution in [3.63, 3.8) is 0 Å². The lowest BCUT2D eigenvalue weighted by molar-refractivity contribution is 0.428. The molecule has 4 aromatic rings. The van der Waals surface area contributed by atoms with Crippen LogP contribution in [0.5, 0.6) is 0 Å². The van der Waals surface area contributed by atoms with E-state index >= 15 is 4.39 Å². The van der Waals surface area contributed by atoms with Gasteiger partial charge < -0.3 is 4.57 Å². The van der Waals surface area contributed by atoms with Gasteiger partial charge >= 0.3 is 0 Å². The second kappa shape index (κ2) is 12.8. The Morgan fingerprint density at radius 3 is 2.32 bits per heavy atom. The molecule has 0 N–H and O–H groups in total. The van der Waals surface area contributed by atoms with Crippen LogP contribution in [0.1, 0.15) is 94.7 Å². The van der Waals surface area contributed by atoms with E-state index in [1.54, 1.807) is 12.3 Å². The van der Waals surface area contributed by atoms with Gasteiger partial charge in [-0.2, -0.15) is 0 Å². The minimum atomic E-state index is -0.282. The Hall–Kier alpha value is -3.34. The fourth-order valence-corrected chi connectivity index (χ4v) is 5.17. The lowest BCUT2D eigenvalue weighted by Gasteiger charge is -2.20. The summed E-state index contributed by atoms with van der Waals surface area (Å²) in [4.78, 5) is 13.8. The third kappa shape index (κ3) is 5.82. The minimum Gasteiger partial charge on any atom is -0.325 e. The summed E-state index contributed by atoms with van der Waals surface area (Å²) in [5.74, 6) is 0.590. The van der Waals surface area contributed by atoms with E-state index < -0.39 is 0 Å². The highest BCUT2D eigenvalue weighted by atomic mass is 19.1. The number of aryl methyl sites for hydroxylation is 3. The first-order chi connectivity index (χ1) is 17.9. The third-order valence-electron chi connectivity index (χ3n) is 6.83. The molecule has 0 fully saturated rings. The van der Waals surface area contributed by atoms with Gasteiger partial charge in [-0.1, -0.05) is 52.7 Å². The normalized spacial score (nSPS) is 11.7. The number of pyridine rings is 2. The predicted octanol–water partition coefficient (Wildman–Crippen LogP) is 9.18. The van der Waals surface area contributed by atoms with Crippen LogP contribution in [0, 0.1) is 26.6 Å². The Kier molecular flexibility index (Phi) is 9.73. The number of benzene rings is 1. The van der Waals surface area contributed by atoms with Crippen molar-refractivity contribution in [3.8, 4) is 11.1 Å². The lowest BCUT2D eigenvalue weighted by Crippen LogP contribution is -2.10. The monoisotopic (exact) mass is 500 g/mol. The molecular formula is C32H41FN4. The summed E-state index contributed by atoms with van der Waals surface area (Å²) in [7, 11) is 0. The van der Waals surface area contributed by atoms with Gasteiger partial charge in [0.05, 0.1) is 5.52 Å². The Morgan fingerprint density at radius 2 is 1.70 bits per heavy atom. The number of halogens is 1. The van der Waals surface area contributed by atoms with E-state index in [2.05, 4.69) is 46.6 Å². The molecule has 3 aromatic heterocycles. The van der Waals surface area contributed by atoms with Crippen molar-refractivity contribution in [2.45, 2.75) is 87.1 Å². The summed E-state index contributed by atoms with van der Waals surface area (Å²) in [6, 6.07) is 10.2. The molecule has 0 aliphatic carbocycles. The van der Waals surface area contributed by atoms with Crippen molar-refractivity contribution in [2.24, 2.45) is 0 Å². The topological polar surface area (TPSA) is 43.6 Å². The highest BCUT2D eigenvalue weighted by Crippen LogP contribution is 2.35. The van der Waals surface area contributed by atoms with E-state index in [0.717, 1.165) is 76.2 Å². The van der Waals surface area contributed by atoms with Crippen molar-refractivity contribution < 1.29 is 4.39 Å². The summed E-state index contributed by atoms with van der Waals surface area (Å²) >= 11 is 0. The van der Waals surface area contributed by atoms with Crippen LogP contribution in [0.2, 0.25) is 0 Å². The Bertz CT molecular complexity index is 1380. The molecule has 1 aromatic carbocycles. The van der Waals surface area contributed by atoms with Crippen LogP contribution in [0.4, 0.5) is 4.39 Å². The fraction of sp³-hybridized carbons (Fsp3) is 0.406. The number of rotatable bonds is 8. The zero-order valence-electron chi connectivity index (χ0n) is 23.7. The largest absolute Gasteiger partial charge is 0.325 e. The molecule has 4 rings (SSSR count). The Morgan fingerprint density at radius 1 is 1.00 bits per heavy atom. The zero-order valence-corrected chi connectivity index (χ0v) is 23.7. The van der Waals surface area contributed by atoms with Gasteiger partial charge in [0.2, 0.25) is 0 Å². The number of hydrogen-bond acceptors (Lipinski definition) is 3. The maximum atomic E-state index is 15.5. The van der Waals surface area contributed by atoms with Gasteiger partial charge in [-0.05, 0) is 75.9 Å². The molecule has 3 heterocycles. The smallest absolute Gasteiger partial charge is 0.151 e. The average molecular weight is 501 g/mol. The first-order valence-corrected chi connectivity index (χ1v) is 13.6. The first kappa shape index (κ1) is 28.2. The SMILES string of the molecule is C/C=C(/c1cc(F)c2nc(C)n(C(CCC)CCC)c2c1)c1cc(-c2cccnc2C)cnc1C.CC. The van der Waals surface area contributed by atoms with Gasteiger partial charge in [0.15, 0.2) is 5.82 Å². The van der Waals surface area contributed by atoms with Gasteiger partial charge in [0.25, 0.3) is 0 Å². The molecular weight excluding hydrogens is 459 g/mol. The highest BCUT2D eigenvalue weighted by Gasteiger charge is 2.21. The summed E-state index contributed by atoms with van der Waals surface area (Å²) in [5, 5.41) is 0. The van der Waals surface area contributed by atoms with Crippen LogP contribution in [-0.4, -0.2) is 19.5 Å². The molecule has 0 aliphatic rings. The standard InChI is InChI=1S/C30H35FN4.C2H6/c1-7-11-24(12-8-2)35-21(6)34-30-28(31)16-22(17-29(30)35)25(9-3)27-15-23(18-33-20(27)5)26-13-10-14-32-19(26)4;1-2/h9-10,13-18,24H,7-8,11-12H2,1-6H3;1-2H3/b25-9-;. The van der Waals surface area contributed by atoms with Crippen LogP contribution in [0.15, 0.2) is 48.8 Å². The molecule has 0 radical (unpaired) electrons. The first-order valence-electron chi connectivity index (χ1n) is 13.6. The second-order valence-electron chi connectivity index (χ2n) is 9.28. The lowest BCUT2D eigenvalue weighted by atomic mass is 9.93. The molecule has 0 spiro atoms. The van der Waals surface area contributed by atoms with Crippen LogP contribution in [0.25, 0.3) is 27.7 Å². The molecule has 0 bridgehead atoms. The van der Waals surface area contributed by atoms with Crippen molar-refractivity contribution >= 4 is 16.6 Å². The molecule has 0 unspecified atom stereocenters. The highest BCUT2D eigenvalue weighted by molar-refractivity contribution is 5.88. The molecule has 0 atom stereocenters. The third-order valence-corrected chi connectivity index (χ3v) is 6.83. The Labute approximate surface area is 221 Å². The van der Waals surface area contributed by atoms with Crippen molar-refractivity contribution in [2.75, 3.05) is 0 Å². The van der Waals surface area contributed by atoms with Crippen LogP contribution in [0.3, 0.4) is 0 Å². The number of hydrogen-bond donors (Lipinski definition) is 0. The van der Waals surface area contributed by atoms with E-state index in [0.29, 0.717) is 11.6 Å². The second-order valence-corrected chi connectivity index (χ2v) is 9.28. The quantitative estimate of drug-likeness (QED) is 0.242. The number of imidazole rings is 1. The zero-order chi connectivity index (χ0) is 27.1. The van der Waals surface area contributed by atoms with E-state index in [1.807, 2.05) is 59.9 Å². The van der Waals surface area contributed by atoms with Gasteiger partial charge in [-0.15, -0.1) is 0 Å². The van der Waals surface area contributed by atoms with E-state index in [-0.39, 0.29) is 5.82 Å². The summed E-state index contributed by atoms with van der Waals surface area (Å²) in [6.07, 6.45) is 10.0. The van der Waals surface area contributed by atoms with Crippen LogP contribution < -0.4 is 0 Å². The molecule has 37 heavy (non-hydrogen) atoms. The van der Waals surface area contributed by atoms with Crippen LogP contribution >= 0.6 is 0 Å². The van der Waals surface area contributed by atoms with E-state index in [9.17, 15) is 0 Å².